The number of hydrogen-bond donors (Lipinski definition) is 0. The molecule has 0 atom stereocenters. The summed E-state index contributed by atoms with van der Waals surface area (Å²) in [4.78, 5) is 17.8. The topological polar surface area (TPSA) is 71.7 Å². The highest BCUT2D eigenvalue weighted by Gasteiger charge is 2.25. The summed E-state index contributed by atoms with van der Waals surface area (Å²) >= 11 is 1.47. The minimum absolute atomic E-state index is 0.222. The Balaban J connectivity index is 1.63. The largest absolute Gasteiger partial charge is 0.319 e. The van der Waals surface area contributed by atoms with Crippen molar-refractivity contribution in [3.05, 3.63) is 57.9 Å². The molecule has 6 nitrogen and oxygen atoms in total. The van der Waals surface area contributed by atoms with Crippen molar-refractivity contribution in [2.24, 2.45) is 12.0 Å². The van der Waals surface area contributed by atoms with E-state index in [2.05, 4.69) is 31.0 Å². The standard InChI is InChI=1S/C22H25N3O3S2/c1-15-13-19-20(14-16(15)2)29-22(24(19)3)23-21(26)17-7-9-18(10-8-17)30(27,28)25-11-5-4-6-12-25/h7-10,13-14H,4-6,11-12H2,1-3H3. The molecule has 0 bridgehead atoms. The molecule has 1 saturated heterocycles. The van der Waals surface area contributed by atoms with Crippen LogP contribution in [0.2, 0.25) is 0 Å². The first kappa shape index (κ1) is 21.0. The molecule has 8 heteroatoms. The number of carbonyl (C=O) groups excluding carboxylic acids is 1. The second kappa shape index (κ2) is 8.09. The smallest absolute Gasteiger partial charge is 0.279 e. The zero-order chi connectivity index (χ0) is 21.5. The number of thiazole rings is 1. The summed E-state index contributed by atoms with van der Waals surface area (Å²) in [5, 5.41) is 0. The lowest BCUT2D eigenvalue weighted by atomic mass is 10.1. The number of sulfonamides is 1. The van der Waals surface area contributed by atoms with E-state index in [0.29, 0.717) is 23.5 Å². The molecule has 30 heavy (non-hydrogen) atoms. The third-order valence-corrected chi connectivity index (χ3v) is 8.68. The first-order valence-corrected chi connectivity index (χ1v) is 12.3. The summed E-state index contributed by atoms with van der Waals surface area (Å²) in [6.07, 6.45) is 2.84. The number of piperidine rings is 1. The molecule has 1 amide bonds. The Bertz CT molecular complexity index is 1280. The Morgan fingerprint density at radius 1 is 1.00 bits per heavy atom. The number of aromatic nitrogens is 1. The van der Waals surface area contributed by atoms with Gasteiger partial charge in [0.2, 0.25) is 10.0 Å². The van der Waals surface area contributed by atoms with Crippen LogP contribution in [0, 0.1) is 13.8 Å². The fourth-order valence-corrected chi connectivity index (χ4v) is 6.27. The normalized spacial score (nSPS) is 16.3. The van der Waals surface area contributed by atoms with E-state index in [1.54, 1.807) is 12.1 Å². The highest BCUT2D eigenvalue weighted by molar-refractivity contribution is 7.89. The highest BCUT2D eigenvalue weighted by Crippen LogP contribution is 2.22. The molecule has 1 aliphatic heterocycles. The Hall–Kier alpha value is -2.29. The zero-order valence-electron chi connectivity index (χ0n) is 17.4. The second-order valence-corrected chi connectivity index (χ2v) is 10.7. The lowest BCUT2D eigenvalue weighted by molar-refractivity contribution is 0.0998. The van der Waals surface area contributed by atoms with Crippen LogP contribution >= 0.6 is 11.3 Å². The molecule has 0 radical (unpaired) electrons. The van der Waals surface area contributed by atoms with E-state index in [1.807, 2.05) is 11.6 Å². The van der Waals surface area contributed by atoms with Gasteiger partial charge < -0.3 is 4.57 Å². The Kier molecular flexibility index (Phi) is 5.65. The van der Waals surface area contributed by atoms with Crippen LogP contribution in [0.15, 0.2) is 46.3 Å². The van der Waals surface area contributed by atoms with Crippen molar-refractivity contribution < 1.29 is 13.2 Å². The van der Waals surface area contributed by atoms with Gasteiger partial charge in [-0.15, -0.1) is 0 Å². The maximum Gasteiger partial charge on any atom is 0.279 e. The Morgan fingerprint density at radius 2 is 1.63 bits per heavy atom. The maximum atomic E-state index is 12.8. The predicted molar refractivity (Wildman–Crippen MR) is 119 cm³/mol. The van der Waals surface area contributed by atoms with Gasteiger partial charge in [-0.05, 0) is 74.2 Å². The average Bonchev–Trinajstić information content (AvgIpc) is 3.03. The van der Waals surface area contributed by atoms with Crippen molar-refractivity contribution in [1.82, 2.24) is 8.87 Å². The van der Waals surface area contributed by atoms with Crippen LogP contribution in [-0.2, 0) is 17.1 Å². The van der Waals surface area contributed by atoms with Gasteiger partial charge in [0, 0.05) is 25.7 Å². The van der Waals surface area contributed by atoms with Crippen LogP contribution in [0.25, 0.3) is 10.2 Å². The van der Waals surface area contributed by atoms with Gasteiger partial charge in [0.05, 0.1) is 15.1 Å². The minimum Gasteiger partial charge on any atom is -0.319 e. The maximum absolute atomic E-state index is 12.8. The number of fused-ring (bicyclic) bond motifs is 1. The number of aryl methyl sites for hydroxylation is 3. The molecule has 1 aliphatic rings. The van der Waals surface area contributed by atoms with E-state index in [9.17, 15) is 13.2 Å². The quantitative estimate of drug-likeness (QED) is 0.619. The number of carbonyl (C=O) groups is 1. The zero-order valence-corrected chi connectivity index (χ0v) is 19.0. The molecule has 0 unspecified atom stereocenters. The molecule has 0 spiro atoms. The van der Waals surface area contributed by atoms with Crippen LogP contribution in [-0.4, -0.2) is 36.3 Å². The molecule has 158 valence electrons. The van der Waals surface area contributed by atoms with Gasteiger partial charge in [0.25, 0.3) is 5.91 Å². The van der Waals surface area contributed by atoms with Crippen LogP contribution in [0.3, 0.4) is 0 Å². The number of amides is 1. The summed E-state index contributed by atoms with van der Waals surface area (Å²) < 4.78 is 30.1. The molecular weight excluding hydrogens is 418 g/mol. The highest BCUT2D eigenvalue weighted by atomic mass is 32.2. The van der Waals surface area contributed by atoms with Crippen molar-refractivity contribution in [2.75, 3.05) is 13.1 Å². The van der Waals surface area contributed by atoms with Gasteiger partial charge in [-0.25, -0.2) is 8.42 Å². The van der Waals surface area contributed by atoms with Crippen molar-refractivity contribution >= 4 is 37.5 Å². The molecule has 0 saturated carbocycles. The first-order valence-electron chi connectivity index (χ1n) is 10.0. The van der Waals surface area contributed by atoms with Gasteiger partial charge in [-0.3, -0.25) is 4.79 Å². The first-order chi connectivity index (χ1) is 14.3. The van der Waals surface area contributed by atoms with Gasteiger partial charge in [0.15, 0.2) is 4.80 Å². The lowest BCUT2D eigenvalue weighted by Crippen LogP contribution is -2.35. The Labute approximate surface area is 180 Å². The summed E-state index contributed by atoms with van der Waals surface area (Å²) in [7, 11) is -1.61. The SMILES string of the molecule is Cc1cc2sc(=NC(=O)c3ccc(S(=O)(=O)N4CCCCC4)cc3)n(C)c2cc1C. The molecule has 3 aromatic rings. The van der Waals surface area contributed by atoms with E-state index in [-0.39, 0.29) is 10.8 Å². The number of hydrogen-bond acceptors (Lipinski definition) is 4. The number of rotatable bonds is 3. The van der Waals surface area contributed by atoms with E-state index < -0.39 is 10.0 Å². The van der Waals surface area contributed by atoms with Crippen molar-refractivity contribution in [1.29, 1.82) is 0 Å². The van der Waals surface area contributed by atoms with Crippen molar-refractivity contribution in [2.45, 2.75) is 38.0 Å². The van der Waals surface area contributed by atoms with E-state index in [4.69, 9.17) is 0 Å². The van der Waals surface area contributed by atoms with E-state index >= 15 is 0 Å². The lowest BCUT2D eigenvalue weighted by Gasteiger charge is -2.25. The fraction of sp³-hybridized carbons (Fsp3) is 0.364. The van der Waals surface area contributed by atoms with Crippen LogP contribution in [0.5, 0.6) is 0 Å². The molecule has 1 fully saturated rings. The van der Waals surface area contributed by atoms with Gasteiger partial charge in [-0.1, -0.05) is 17.8 Å². The predicted octanol–water partition coefficient (Wildman–Crippen LogP) is 3.77. The van der Waals surface area contributed by atoms with Gasteiger partial charge in [-0.2, -0.15) is 9.30 Å². The Morgan fingerprint density at radius 3 is 2.30 bits per heavy atom. The third kappa shape index (κ3) is 3.87. The summed E-state index contributed by atoms with van der Waals surface area (Å²) in [5.41, 5.74) is 3.81. The van der Waals surface area contributed by atoms with Crippen molar-refractivity contribution in [3.8, 4) is 0 Å². The van der Waals surface area contributed by atoms with Gasteiger partial charge >= 0.3 is 0 Å². The van der Waals surface area contributed by atoms with Crippen LogP contribution in [0.1, 0.15) is 40.7 Å². The van der Waals surface area contributed by atoms with E-state index in [0.717, 1.165) is 29.5 Å². The summed E-state index contributed by atoms with van der Waals surface area (Å²) in [5.74, 6) is -0.382. The molecule has 2 aromatic carbocycles. The number of benzene rings is 2. The number of nitrogens with zero attached hydrogens (tertiary/aromatic N) is 3. The third-order valence-electron chi connectivity index (χ3n) is 5.68. The molecular formula is C22H25N3O3S2. The minimum atomic E-state index is -3.51. The monoisotopic (exact) mass is 443 g/mol. The summed E-state index contributed by atoms with van der Waals surface area (Å²) in [6.45, 7) is 5.24. The fourth-order valence-electron chi connectivity index (χ4n) is 3.66. The molecule has 2 heterocycles. The van der Waals surface area contributed by atoms with Crippen molar-refractivity contribution in [3.63, 3.8) is 0 Å². The van der Waals surface area contributed by atoms with Crippen LogP contribution in [0.4, 0.5) is 0 Å². The molecule has 4 rings (SSSR count). The van der Waals surface area contributed by atoms with E-state index in [1.165, 1.54) is 38.9 Å². The molecule has 0 aliphatic carbocycles. The molecule has 0 N–H and O–H groups in total. The van der Waals surface area contributed by atoms with Crippen LogP contribution < -0.4 is 4.80 Å². The average molecular weight is 444 g/mol. The summed E-state index contributed by atoms with van der Waals surface area (Å²) in [6, 6.07) is 10.3. The second-order valence-electron chi connectivity index (χ2n) is 7.75. The molecule has 1 aromatic heterocycles. The van der Waals surface area contributed by atoms with Gasteiger partial charge in [0.1, 0.15) is 0 Å².